The molecule has 0 fully saturated rings. The van der Waals surface area contributed by atoms with E-state index >= 15 is 0 Å². The first-order chi connectivity index (χ1) is 17.5. The molecule has 0 aliphatic carbocycles. The number of rotatable bonds is 11. The summed E-state index contributed by atoms with van der Waals surface area (Å²) in [6.07, 6.45) is 0. The summed E-state index contributed by atoms with van der Waals surface area (Å²) < 4.78 is 17.0. The van der Waals surface area contributed by atoms with Gasteiger partial charge in [-0.2, -0.15) is 0 Å². The molecule has 1 N–H and O–H groups in total. The Labute approximate surface area is 222 Å². The number of likely N-dealkylation sites (N-methyl/N-ethyl adjacent to an activating group) is 1. The number of nitrogens with zero attached hydrogens (tertiary/aromatic N) is 2. The van der Waals surface area contributed by atoms with Crippen LogP contribution in [-0.2, 0) is 27.4 Å². The molecule has 0 spiro atoms. The number of oxazole rings is 1. The van der Waals surface area contributed by atoms with Gasteiger partial charge < -0.3 is 19.2 Å². The van der Waals surface area contributed by atoms with E-state index in [0.717, 1.165) is 22.4 Å². The highest BCUT2D eigenvalue weighted by Gasteiger charge is 2.33. The molecular weight excluding hydrogens is 494 g/mol. The van der Waals surface area contributed by atoms with Crippen LogP contribution < -0.4 is 10.1 Å². The van der Waals surface area contributed by atoms with Gasteiger partial charge in [-0.15, -0.1) is 0 Å². The van der Waals surface area contributed by atoms with Crippen molar-refractivity contribution in [2.24, 2.45) is 0 Å². The van der Waals surface area contributed by atoms with Gasteiger partial charge in [0.15, 0.2) is 5.60 Å². The Kier molecular flexibility index (Phi) is 9.34. The molecule has 0 radical (unpaired) electrons. The molecule has 0 saturated heterocycles. The summed E-state index contributed by atoms with van der Waals surface area (Å²) in [4.78, 5) is 31.2. The number of benzene rings is 2. The standard InChI is InChI=1S/C28H34ClN3O5/c1-7-35-27(34)28(4,5)37-25-18(2)13-20(14-22(25)29)15-32(17-24(33)30-6)16-23-19(3)36-26(31-23)21-11-9-8-10-12-21/h8-14H,7,15-17H2,1-6H3,(H,30,33). The van der Waals surface area contributed by atoms with E-state index in [1.54, 1.807) is 33.9 Å². The molecule has 0 aliphatic rings. The summed E-state index contributed by atoms with van der Waals surface area (Å²) in [5.74, 6) is 1.06. The van der Waals surface area contributed by atoms with Crippen molar-refractivity contribution in [2.45, 2.75) is 53.3 Å². The number of aromatic nitrogens is 1. The Balaban J connectivity index is 1.83. The largest absolute Gasteiger partial charge is 0.474 e. The summed E-state index contributed by atoms with van der Waals surface area (Å²) in [6.45, 7) is 10.0. The highest BCUT2D eigenvalue weighted by atomic mass is 35.5. The number of halogens is 1. The van der Waals surface area contributed by atoms with E-state index in [9.17, 15) is 9.59 Å². The lowest BCUT2D eigenvalue weighted by atomic mass is 10.1. The number of nitrogens with one attached hydrogen (secondary N) is 1. The van der Waals surface area contributed by atoms with Crippen molar-refractivity contribution in [3.63, 3.8) is 0 Å². The fourth-order valence-corrected chi connectivity index (χ4v) is 4.15. The number of carbonyl (C=O) groups excluding carboxylic acids is 2. The number of hydrogen-bond donors (Lipinski definition) is 1. The second-order valence-electron chi connectivity index (χ2n) is 9.26. The molecule has 8 nitrogen and oxygen atoms in total. The first-order valence-electron chi connectivity index (χ1n) is 12.1. The maximum absolute atomic E-state index is 12.3. The first-order valence-corrected chi connectivity index (χ1v) is 12.5. The Morgan fingerprint density at radius 2 is 1.84 bits per heavy atom. The lowest BCUT2D eigenvalue weighted by molar-refractivity contribution is -0.158. The molecule has 1 heterocycles. The average Bonchev–Trinajstić information content (AvgIpc) is 3.22. The number of hydrogen-bond acceptors (Lipinski definition) is 7. The smallest absolute Gasteiger partial charge is 0.349 e. The summed E-state index contributed by atoms with van der Waals surface area (Å²) in [7, 11) is 1.60. The third-order valence-corrected chi connectivity index (χ3v) is 6.03. The summed E-state index contributed by atoms with van der Waals surface area (Å²) in [5, 5.41) is 3.05. The molecule has 3 rings (SSSR count). The van der Waals surface area contributed by atoms with Crippen LogP contribution in [0.15, 0.2) is 46.9 Å². The third-order valence-electron chi connectivity index (χ3n) is 5.75. The van der Waals surface area contributed by atoms with Crippen LogP contribution in [0.5, 0.6) is 5.75 Å². The van der Waals surface area contributed by atoms with Gasteiger partial charge in [0.2, 0.25) is 11.8 Å². The maximum atomic E-state index is 12.3. The van der Waals surface area contributed by atoms with Crippen LogP contribution in [0.2, 0.25) is 5.02 Å². The minimum atomic E-state index is -1.20. The van der Waals surface area contributed by atoms with Gasteiger partial charge in [-0.3, -0.25) is 9.69 Å². The lowest BCUT2D eigenvalue weighted by Gasteiger charge is -2.26. The van der Waals surface area contributed by atoms with Crippen LogP contribution >= 0.6 is 11.6 Å². The first kappa shape index (κ1) is 28.2. The van der Waals surface area contributed by atoms with Crippen molar-refractivity contribution < 1.29 is 23.5 Å². The van der Waals surface area contributed by atoms with Gasteiger partial charge in [-0.25, -0.2) is 9.78 Å². The van der Waals surface area contributed by atoms with E-state index in [0.29, 0.717) is 35.5 Å². The average molecular weight is 528 g/mol. The van der Waals surface area contributed by atoms with Gasteiger partial charge >= 0.3 is 5.97 Å². The molecule has 2 aromatic carbocycles. The quantitative estimate of drug-likeness (QED) is 0.347. The van der Waals surface area contributed by atoms with Gasteiger partial charge in [0.05, 0.1) is 23.9 Å². The Bertz CT molecular complexity index is 1220. The second kappa shape index (κ2) is 12.3. The number of esters is 1. The minimum Gasteiger partial charge on any atom is -0.474 e. The molecule has 37 heavy (non-hydrogen) atoms. The predicted molar refractivity (Wildman–Crippen MR) is 142 cm³/mol. The second-order valence-corrected chi connectivity index (χ2v) is 9.67. The monoisotopic (exact) mass is 527 g/mol. The van der Waals surface area contributed by atoms with Crippen LogP contribution in [-0.4, -0.2) is 47.6 Å². The number of amides is 1. The molecule has 0 unspecified atom stereocenters. The van der Waals surface area contributed by atoms with Crippen LogP contribution in [0.3, 0.4) is 0 Å². The van der Waals surface area contributed by atoms with Crippen LogP contribution in [0.4, 0.5) is 0 Å². The topological polar surface area (TPSA) is 93.9 Å². The Hall–Kier alpha value is -3.36. The Morgan fingerprint density at radius 3 is 2.46 bits per heavy atom. The molecule has 0 bridgehead atoms. The molecule has 198 valence electrons. The van der Waals surface area contributed by atoms with Gasteiger partial charge in [0, 0.05) is 25.7 Å². The SMILES string of the molecule is CCOC(=O)C(C)(C)Oc1c(C)cc(CN(CC(=O)NC)Cc2nc(-c3ccccc3)oc2C)cc1Cl. The van der Waals surface area contributed by atoms with Crippen molar-refractivity contribution in [1.82, 2.24) is 15.2 Å². The molecule has 1 aromatic heterocycles. The molecular formula is C28H34ClN3O5. The lowest BCUT2D eigenvalue weighted by Crippen LogP contribution is -2.40. The van der Waals surface area contributed by atoms with Crippen LogP contribution in [0.1, 0.15) is 43.4 Å². The maximum Gasteiger partial charge on any atom is 0.349 e. The van der Waals surface area contributed by atoms with E-state index in [4.69, 9.17) is 25.5 Å². The molecule has 1 amide bonds. The molecule has 3 aromatic rings. The fraction of sp³-hybridized carbons (Fsp3) is 0.393. The fourth-order valence-electron chi connectivity index (χ4n) is 3.82. The minimum absolute atomic E-state index is 0.122. The number of ether oxygens (including phenoxy) is 2. The van der Waals surface area contributed by atoms with E-state index in [1.807, 2.05) is 55.1 Å². The summed E-state index contributed by atoms with van der Waals surface area (Å²) in [6, 6.07) is 13.4. The van der Waals surface area contributed by atoms with Gasteiger partial charge in [-0.1, -0.05) is 35.9 Å². The zero-order valence-electron chi connectivity index (χ0n) is 22.2. The van der Waals surface area contributed by atoms with Gasteiger partial charge in [0.25, 0.3) is 0 Å². The van der Waals surface area contributed by atoms with Gasteiger partial charge in [-0.05, 0) is 63.9 Å². The molecule has 0 saturated carbocycles. The van der Waals surface area contributed by atoms with Gasteiger partial charge in [0.1, 0.15) is 11.5 Å². The summed E-state index contributed by atoms with van der Waals surface area (Å²) in [5.41, 5.74) is 2.10. The zero-order valence-corrected chi connectivity index (χ0v) is 22.9. The molecule has 0 atom stereocenters. The van der Waals surface area contributed by atoms with Crippen LogP contribution in [0.25, 0.3) is 11.5 Å². The van der Waals surface area contributed by atoms with E-state index in [1.165, 1.54) is 0 Å². The predicted octanol–water partition coefficient (Wildman–Crippen LogP) is 5.08. The third kappa shape index (κ3) is 7.33. The van der Waals surface area contributed by atoms with Crippen molar-refractivity contribution in [3.05, 3.63) is 70.1 Å². The van der Waals surface area contributed by atoms with Crippen molar-refractivity contribution in [1.29, 1.82) is 0 Å². The zero-order chi connectivity index (χ0) is 27.2. The van der Waals surface area contributed by atoms with E-state index in [-0.39, 0.29) is 19.1 Å². The van der Waals surface area contributed by atoms with Crippen molar-refractivity contribution in [2.75, 3.05) is 20.2 Å². The van der Waals surface area contributed by atoms with E-state index < -0.39 is 11.6 Å². The van der Waals surface area contributed by atoms with E-state index in [2.05, 4.69) is 10.3 Å². The molecule has 9 heteroatoms. The normalized spacial score (nSPS) is 11.5. The van der Waals surface area contributed by atoms with Crippen molar-refractivity contribution in [3.8, 4) is 17.2 Å². The highest BCUT2D eigenvalue weighted by Crippen LogP contribution is 2.34. The molecule has 0 aliphatic heterocycles. The summed E-state index contributed by atoms with van der Waals surface area (Å²) >= 11 is 6.59. The number of aryl methyl sites for hydroxylation is 2. The Morgan fingerprint density at radius 1 is 1.14 bits per heavy atom. The van der Waals surface area contributed by atoms with Crippen LogP contribution in [0, 0.1) is 13.8 Å². The number of carbonyl (C=O) groups is 2. The highest BCUT2D eigenvalue weighted by molar-refractivity contribution is 6.32. The van der Waals surface area contributed by atoms with Crippen molar-refractivity contribution >= 4 is 23.5 Å².